The Balaban J connectivity index is 3.89. The Kier molecular flexibility index (Phi) is 5.64. The smallest absolute Gasteiger partial charge is 0.308 e. The fraction of sp³-hybridized carbons (Fsp3) is 0.727. The maximum Gasteiger partial charge on any atom is 0.308 e. The van der Waals surface area contributed by atoms with Crippen molar-refractivity contribution in [3.05, 3.63) is 0 Å². The number of amides is 2. The van der Waals surface area contributed by atoms with E-state index in [1.165, 1.54) is 6.92 Å². The normalized spacial score (nSPS) is 12.7. The van der Waals surface area contributed by atoms with Crippen LogP contribution in [-0.4, -0.2) is 36.0 Å². The van der Waals surface area contributed by atoms with E-state index < -0.39 is 23.2 Å². The van der Waals surface area contributed by atoms with Crippen LogP contribution in [-0.2, 0) is 14.4 Å². The molecule has 2 amide bonds. The molecule has 0 aliphatic carbocycles. The zero-order valence-electron chi connectivity index (χ0n) is 10.7. The molecule has 0 rings (SSSR count). The quantitative estimate of drug-likeness (QED) is 0.633. The molecule has 0 aromatic carbocycles. The first-order valence-electron chi connectivity index (χ1n) is 5.42. The highest BCUT2D eigenvalue weighted by Gasteiger charge is 2.21. The highest BCUT2D eigenvalue weighted by atomic mass is 16.4. The Labute approximate surface area is 101 Å². The van der Waals surface area contributed by atoms with Gasteiger partial charge in [-0.3, -0.25) is 14.4 Å². The Morgan fingerprint density at radius 2 is 1.71 bits per heavy atom. The third kappa shape index (κ3) is 6.55. The van der Waals surface area contributed by atoms with Crippen LogP contribution >= 0.6 is 0 Å². The van der Waals surface area contributed by atoms with Crippen molar-refractivity contribution in [3.8, 4) is 0 Å². The lowest BCUT2D eigenvalue weighted by Crippen LogP contribution is -2.43. The molecule has 0 bridgehead atoms. The summed E-state index contributed by atoms with van der Waals surface area (Å²) in [5.74, 6) is -2.23. The molecule has 0 saturated heterocycles. The molecule has 0 aromatic heterocycles. The number of rotatable bonds is 5. The van der Waals surface area contributed by atoms with E-state index in [0.717, 1.165) is 0 Å². The second kappa shape index (κ2) is 6.22. The van der Waals surface area contributed by atoms with Gasteiger partial charge in [0.2, 0.25) is 11.8 Å². The van der Waals surface area contributed by atoms with E-state index >= 15 is 0 Å². The molecule has 6 nitrogen and oxygen atoms in total. The lowest BCUT2D eigenvalue weighted by Gasteiger charge is -2.17. The number of carbonyl (C=O) groups is 3. The van der Waals surface area contributed by atoms with Gasteiger partial charge in [0, 0.05) is 12.0 Å². The van der Waals surface area contributed by atoms with Crippen molar-refractivity contribution in [2.75, 3.05) is 13.1 Å². The number of nitrogens with one attached hydrogen (secondary N) is 2. The van der Waals surface area contributed by atoms with Gasteiger partial charge in [-0.25, -0.2) is 0 Å². The predicted octanol–water partition coefficient (Wildman–Crippen LogP) is -0.0144. The summed E-state index contributed by atoms with van der Waals surface area (Å²) in [6, 6.07) is 0. The Morgan fingerprint density at radius 1 is 1.18 bits per heavy atom. The van der Waals surface area contributed by atoms with Gasteiger partial charge in [-0.15, -0.1) is 0 Å². The zero-order valence-corrected chi connectivity index (χ0v) is 10.7. The maximum absolute atomic E-state index is 11.4. The molecule has 98 valence electrons. The number of hydrogen-bond donors (Lipinski definition) is 3. The summed E-state index contributed by atoms with van der Waals surface area (Å²) in [5, 5.41) is 13.5. The highest BCUT2D eigenvalue weighted by Crippen LogP contribution is 2.11. The molecule has 0 spiro atoms. The monoisotopic (exact) mass is 244 g/mol. The molecule has 0 fully saturated rings. The molecule has 3 N–H and O–H groups in total. The van der Waals surface area contributed by atoms with Crippen molar-refractivity contribution >= 4 is 17.8 Å². The molecule has 0 aliphatic rings. The average molecular weight is 244 g/mol. The van der Waals surface area contributed by atoms with Gasteiger partial charge >= 0.3 is 5.97 Å². The van der Waals surface area contributed by atoms with E-state index in [9.17, 15) is 14.4 Å². The minimum atomic E-state index is -0.968. The van der Waals surface area contributed by atoms with E-state index in [4.69, 9.17) is 5.11 Å². The number of carboxylic acids is 1. The average Bonchev–Trinajstić information content (AvgIpc) is 2.20. The molecular formula is C11H20N2O4. The van der Waals surface area contributed by atoms with E-state index in [1.54, 1.807) is 20.8 Å². The third-order valence-electron chi connectivity index (χ3n) is 2.12. The first kappa shape index (κ1) is 15.4. The van der Waals surface area contributed by atoms with Gasteiger partial charge in [-0.05, 0) is 0 Å². The first-order chi connectivity index (χ1) is 7.64. The summed E-state index contributed by atoms with van der Waals surface area (Å²) < 4.78 is 0. The van der Waals surface area contributed by atoms with Gasteiger partial charge in [-0.1, -0.05) is 27.7 Å². The molecule has 0 aromatic rings. The van der Waals surface area contributed by atoms with Gasteiger partial charge in [0.25, 0.3) is 0 Å². The summed E-state index contributed by atoms with van der Waals surface area (Å²) >= 11 is 0. The molecule has 6 heteroatoms. The molecular weight excluding hydrogens is 224 g/mol. The standard InChI is InChI=1S/C11H20N2O4/c1-7(9(15)16)5-12-8(14)6-13-10(17)11(2,3)4/h7H,5-6H2,1-4H3,(H,12,14)(H,13,17)(H,15,16). The van der Waals surface area contributed by atoms with Crippen LogP contribution in [0.25, 0.3) is 0 Å². The Hall–Kier alpha value is -1.59. The van der Waals surface area contributed by atoms with Crippen LogP contribution in [0.3, 0.4) is 0 Å². The third-order valence-corrected chi connectivity index (χ3v) is 2.12. The molecule has 0 aliphatic heterocycles. The Morgan fingerprint density at radius 3 is 2.12 bits per heavy atom. The van der Waals surface area contributed by atoms with Gasteiger partial charge in [0.05, 0.1) is 12.5 Å². The second-order valence-corrected chi connectivity index (χ2v) is 4.98. The van der Waals surface area contributed by atoms with Crippen LogP contribution in [0.2, 0.25) is 0 Å². The van der Waals surface area contributed by atoms with E-state index in [1.807, 2.05) is 0 Å². The fourth-order valence-corrected chi connectivity index (χ4v) is 0.842. The minimum absolute atomic E-state index is 0.0551. The largest absolute Gasteiger partial charge is 0.481 e. The van der Waals surface area contributed by atoms with Crippen LogP contribution in [0.1, 0.15) is 27.7 Å². The number of carbonyl (C=O) groups excluding carboxylic acids is 2. The number of carboxylic acid groups (broad SMARTS) is 1. The van der Waals surface area contributed by atoms with Crippen molar-refractivity contribution in [1.29, 1.82) is 0 Å². The van der Waals surface area contributed by atoms with Crippen molar-refractivity contribution in [2.45, 2.75) is 27.7 Å². The maximum atomic E-state index is 11.4. The van der Waals surface area contributed by atoms with E-state index in [2.05, 4.69) is 10.6 Å². The van der Waals surface area contributed by atoms with Crippen molar-refractivity contribution in [1.82, 2.24) is 10.6 Å². The summed E-state index contributed by atoms with van der Waals surface area (Å²) in [6.07, 6.45) is 0. The van der Waals surface area contributed by atoms with Crippen molar-refractivity contribution < 1.29 is 19.5 Å². The molecule has 0 radical (unpaired) electrons. The van der Waals surface area contributed by atoms with Crippen LogP contribution in [0.15, 0.2) is 0 Å². The van der Waals surface area contributed by atoms with Crippen LogP contribution in [0.5, 0.6) is 0 Å². The van der Waals surface area contributed by atoms with Crippen molar-refractivity contribution in [2.24, 2.45) is 11.3 Å². The topological polar surface area (TPSA) is 95.5 Å². The molecule has 17 heavy (non-hydrogen) atoms. The summed E-state index contributed by atoms with van der Waals surface area (Å²) in [5.41, 5.74) is -0.547. The second-order valence-electron chi connectivity index (χ2n) is 4.98. The lowest BCUT2D eigenvalue weighted by atomic mass is 9.96. The molecule has 0 saturated carbocycles. The summed E-state index contributed by atoms with van der Waals surface area (Å²) in [7, 11) is 0. The van der Waals surface area contributed by atoms with E-state index in [0.29, 0.717) is 0 Å². The minimum Gasteiger partial charge on any atom is -0.481 e. The molecule has 0 heterocycles. The van der Waals surface area contributed by atoms with Crippen LogP contribution in [0.4, 0.5) is 0 Å². The van der Waals surface area contributed by atoms with Crippen LogP contribution in [0, 0.1) is 11.3 Å². The zero-order chi connectivity index (χ0) is 13.6. The van der Waals surface area contributed by atoms with Crippen molar-refractivity contribution in [3.63, 3.8) is 0 Å². The van der Waals surface area contributed by atoms with Crippen LogP contribution < -0.4 is 10.6 Å². The SMILES string of the molecule is CC(CNC(=O)CNC(=O)C(C)(C)C)C(=O)O. The van der Waals surface area contributed by atoms with Gasteiger partial charge in [-0.2, -0.15) is 0 Å². The lowest BCUT2D eigenvalue weighted by molar-refractivity contribution is -0.141. The molecule has 1 unspecified atom stereocenters. The first-order valence-corrected chi connectivity index (χ1v) is 5.42. The van der Waals surface area contributed by atoms with E-state index in [-0.39, 0.29) is 19.0 Å². The Bertz CT molecular complexity index is 307. The number of aliphatic carboxylic acids is 1. The van der Waals surface area contributed by atoms with Gasteiger partial charge in [0.15, 0.2) is 0 Å². The fourth-order valence-electron chi connectivity index (χ4n) is 0.842. The summed E-state index contributed by atoms with van der Waals surface area (Å²) in [6.45, 7) is 6.64. The van der Waals surface area contributed by atoms with Gasteiger partial charge in [0.1, 0.15) is 0 Å². The number of hydrogen-bond acceptors (Lipinski definition) is 3. The molecule has 1 atom stereocenters. The summed E-state index contributed by atoms with van der Waals surface area (Å²) in [4.78, 5) is 33.2. The predicted molar refractivity (Wildman–Crippen MR) is 62.3 cm³/mol. The van der Waals surface area contributed by atoms with Gasteiger partial charge < -0.3 is 15.7 Å². The highest BCUT2D eigenvalue weighted by molar-refractivity contribution is 5.87.